The zero-order chi connectivity index (χ0) is 13.3. The summed E-state index contributed by atoms with van der Waals surface area (Å²) < 4.78 is 33.4. The Balaban J connectivity index is 1.78. The molecular weight excluding hydrogens is 264 g/mol. The van der Waals surface area contributed by atoms with Crippen LogP contribution in [-0.4, -0.2) is 49.9 Å². The number of hydrogen-bond acceptors (Lipinski definition) is 3. The molecule has 2 saturated heterocycles. The van der Waals surface area contributed by atoms with Gasteiger partial charge in [0.15, 0.2) is 0 Å². The van der Waals surface area contributed by atoms with Crippen molar-refractivity contribution in [2.75, 3.05) is 32.8 Å². The molecule has 19 heavy (non-hydrogen) atoms. The second kappa shape index (κ2) is 5.20. The largest absolute Gasteiger partial charge is 0.379 e. The Morgan fingerprint density at radius 1 is 1.05 bits per heavy atom. The van der Waals surface area contributed by atoms with E-state index >= 15 is 0 Å². The summed E-state index contributed by atoms with van der Waals surface area (Å²) in [6, 6.07) is 9.83. The van der Waals surface area contributed by atoms with Gasteiger partial charge in [0.1, 0.15) is 0 Å². The smallest absolute Gasteiger partial charge is 0.282 e. The second-order valence-electron chi connectivity index (χ2n) is 4.85. The van der Waals surface area contributed by atoms with Gasteiger partial charge in [-0.3, -0.25) is 0 Å². The molecule has 2 aliphatic rings. The maximum absolute atomic E-state index is 12.5. The van der Waals surface area contributed by atoms with Crippen LogP contribution < -0.4 is 0 Å². The maximum Gasteiger partial charge on any atom is 0.282 e. The number of rotatable bonds is 3. The standard InChI is InChI=1S/C13H18N2O3S/c16-19(17,14-8-10-18-11-9-14)15-7-6-13(15)12-4-2-1-3-5-12/h1-5,13H,6-11H2. The lowest BCUT2D eigenvalue weighted by Crippen LogP contribution is -2.54. The van der Waals surface area contributed by atoms with Gasteiger partial charge in [-0.1, -0.05) is 30.3 Å². The predicted molar refractivity (Wildman–Crippen MR) is 71.8 cm³/mol. The van der Waals surface area contributed by atoms with Crippen molar-refractivity contribution in [3.05, 3.63) is 35.9 Å². The van der Waals surface area contributed by atoms with Crippen molar-refractivity contribution in [2.45, 2.75) is 12.5 Å². The van der Waals surface area contributed by atoms with E-state index in [0.717, 1.165) is 12.0 Å². The molecule has 1 aromatic carbocycles. The van der Waals surface area contributed by atoms with Crippen LogP contribution in [0.25, 0.3) is 0 Å². The van der Waals surface area contributed by atoms with Crippen molar-refractivity contribution < 1.29 is 13.2 Å². The normalized spacial score (nSPS) is 26.0. The quantitative estimate of drug-likeness (QED) is 0.831. The van der Waals surface area contributed by atoms with Gasteiger partial charge >= 0.3 is 0 Å². The van der Waals surface area contributed by atoms with Gasteiger partial charge in [0.05, 0.1) is 19.3 Å². The fourth-order valence-electron chi connectivity index (χ4n) is 2.57. The van der Waals surface area contributed by atoms with Crippen LogP contribution in [0.15, 0.2) is 30.3 Å². The van der Waals surface area contributed by atoms with Crippen molar-refractivity contribution in [1.29, 1.82) is 0 Å². The molecule has 1 atom stereocenters. The van der Waals surface area contributed by atoms with E-state index in [1.165, 1.54) is 4.31 Å². The molecule has 0 saturated carbocycles. The predicted octanol–water partition coefficient (Wildman–Crippen LogP) is 1.01. The Bertz CT molecular complexity index is 526. The zero-order valence-electron chi connectivity index (χ0n) is 10.7. The summed E-state index contributed by atoms with van der Waals surface area (Å²) in [4.78, 5) is 0. The molecule has 1 unspecified atom stereocenters. The van der Waals surface area contributed by atoms with Crippen molar-refractivity contribution in [1.82, 2.24) is 8.61 Å². The molecule has 0 amide bonds. The third-order valence-electron chi connectivity index (χ3n) is 3.75. The van der Waals surface area contributed by atoms with E-state index in [9.17, 15) is 8.42 Å². The Morgan fingerprint density at radius 2 is 1.74 bits per heavy atom. The van der Waals surface area contributed by atoms with Crippen molar-refractivity contribution in [2.24, 2.45) is 0 Å². The van der Waals surface area contributed by atoms with Crippen molar-refractivity contribution >= 4 is 10.2 Å². The molecule has 2 fully saturated rings. The molecule has 2 heterocycles. The van der Waals surface area contributed by atoms with Crippen LogP contribution in [0.1, 0.15) is 18.0 Å². The van der Waals surface area contributed by atoms with Gasteiger partial charge in [-0.25, -0.2) is 0 Å². The first kappa shape index (κ1) is 13.1. The minimum Gasteiger partial charge on any atom is -0.379 e. The van der Waals surface area contributed by atoms with Gasteiger partial charge in [-0.05, 0) is 12.0 Å². The fourth-order valence-corrected chi connectivity index (χ4v) is 4.37. The maximum atomic E-state index is 12.5. The average molecular weight is 282 g/mol. The third-order valence-corrected chi connectivity index (χ3v) is 5.80. The Labute approximate surface area is 114 Å². The van der Waals surface area contributed by atoms with E-state index in [2.05, 4.69) is 0 Å². The molecular formula is C13H18N2O3S. The lowest BCUT2D eigenvalue weighted by Gasteiger charge is -2.43. The first-order valence-electron chi connectivity index (χ1n) is 6.59. The third kappa shape index (κ3) is 2.41. The molecule has 0 bridgehead atoms. The van der Waals surface area contributed by atoms with E-state index in [0.29, 0.717) is 32.8 Å². The summed E-state index contributed by atoms with van der Waals surface area (Å²) in [6.07, 6.45) is 0.896. The minimum atomic E-state index is -3.34. The lowest BCUT2D eigenvalue weighted by atomic mass is 9.98. The zero-order valence-corrected chi connectivity index (χ0v) is 11.6. The van der Waals surface area contributed by atoms with Crippen LogP contribution in [0.5, 0.6) is 0 Å². The number of morpholine rings is 1. The van der Waals surface area contributed by atoms with Gasteiger partial charge < -0.3 is 4.74 Å². The van der Waals surface area contributed by atoms with E-state index in [1.54, 1.807) is 4.31 Å². The van der Waals surface area contributed by atoms with Gasteiger partial charge in [-0.2, -0.15) is 17.0 Å². The van der Waals surface area contributed by atoms with Crippen LogP contribution in [0, 0.1) is 0 Å². The van der Waals surface area contributed by atoms with E-state index < -0.39 is 10.2 Å². The summed E-state index contributed by atoms with van der Waals surface area (Å²) in [5.74, 6) is 0. The van der Waals surface area contributed by atoms with Crippen LogP contribution in [0.4, 0.5) is 0 Å². The first-order chi connectivity index (χ1) is 9.19. The Kier molecular flexibility index (Phi) is 3.58. The molecule has 2 aliphatic heterocycles. The second-order valence-corrected chi connectivity index (χ2v) is 6.73. The molecule has 0 aromatic heterocycles. The molecule has 0 radical (unpaired) electrons. The number of benzene rings is 1. The monoisotopic (exact) mass is 282 g/mol. The van der Waals surface area contributed by atoms with Gasteiger partial charge in [0, 0.05) is 19.6 Å². The highest BCUT2D eigenvalue weighted by molar-refractivity contribution is 7.86. The minimum absolute atomic E-state index is 0.00551. The van der Waals surface area contributed by atoms with Crippen LogP contribution >= 0.6 is 0 Å². The highest BCUT2D eigenvalue weighted by atomic mass is 32.2. The number of nitrogens with zero attached hydrogens (tertiary/aromatic N) is 2. The highest BCUT2D eigenvalue weighted by Crippen LogP contribution is 2.36. The first-order valence-corrected chi connectivity index (χ1v) is 7.99. The van der Waals surface area contributed by atoms with Gasteiger partial charge in [0.2, 0.25) is 0 Å². The average Bonchev–Trinajstić information content (AvgIpc) is 2.39. The Morgan fingerprint density at radius 3 is 2.32 bits per heavy atom. The van der Waals surface area contributed by atoms with E-state index in [-0.39, 0.29) is 6.04 Å². The molecule has 5 nitrogen and oxygen atoms in total. The molecule has 104 valence electrons. The van der Waals surface area contributed by atoms with E-state index in [1.807, 2.05) is 30.3 Å². The molecule has 3 rings (SSSR count). The lowest BCUT2D eigenvalue weighted by molar-refractivity contribution is 0.0656. The molecule has 6 heteroatoms. The molecule has 0 N–H and O–H groups in total. The number of ether oxygens (including phenoxy) is 1. The van der Waals surface area contributed by atoms with Crippen molar-refractivity contribution in [3.63, 3.8) is 0 Å². The Hall–Kier alpha value is -0.950. The van der Waals surface area contributed by atoms with Crippen LogP contribution in [-0.2, 0) is 14.9 Å². The molecule has 0 aliphatic carbocycles. The fraction of sp³-hybridized carbons (Fsp3) is 0.538. The topological polar surface area (TPSA) is 49.9 Å². The molecule has 1 aromatic rings. The van der Waals surface area contributed by atoms with Crippen LogP contribution in [0.3, 0.4) is 0 Å². The summed E-state index contributed by atoms with van der Waals surface area (Å²) in [5.41, 5.74) is 1.07. The summed E-state index contributed by atoms with van der Waals surface area (Å²) in [7, 11) is -3.34. The van der Waals surface area contributed by atoms with Crippen molar-refractivity contribution in [3.8, 4) is 0 Å². The van der Waals surface area contributed by atoms with Crippen LogP contribution in [0.2, 0.25) is 0 Å². The summed E-state index contributed by atoms with van der Waals surface area (Å²) >= 11 is 0. The van der Waals surface area contributed by atoms with E-state index in [4.69, 9.17) is 4.74 Å². The van der Waals surface area contributed by atoms with Gasteiger partial charge in [-0.15, -0.1) is 0 Å². The SMILES string of the molecule is O=S(=O)(N1CCOCC1)N1CCC1c1ccccc1. The molecule has 0 spiro atoms. The summed E-state index contributed by atoms with van der Waals surface area (Å²) in [6.45, 7) is 2.51. The highest BCUT2D eigenvalue weighted by Gasteiger charge is 2.41. The summed E-state index contributed by atoms with van der Waals surface area (Å²) in [5, 5.41) is 0. The van der Waals surface area contributed by atoms with Gasteiger partial charge in [0.25, 0.3) is 10.2 Å². The number of hydrogen-bond donors (Lipinski definition) is 0.